The van der Waals surface area contributed by atoms with Crippen LogP contribution in [0.5, 0.6) is 0 Å². The van der Waals surface area contributed by atoms with Crippen molar-refractivity contribution in [1.82, 2.24) is 20.4 Å². The molecule has 1 saturated carbocycles. The van der Waals surface area contributed by atoms with Crippen molar-refractivity contribution in [2.45, 2.75) is 70.7 Å². The van der Waals surface area contributed by atoms with E-state index in [1.54, 1.807) is 0 Å². The molecule has 2 N–H and O–H groups in total. The lowest BCUT2D eigenvalue weighted by molar-refractivity contribution is 0.413. The largest absolute Gasteiger partial charge is 0.357 e. The van der Waals surface area contributed by atoms with Crippen LogP contribution in [0.25, 0.3) is 0 Å². The maximum absolute atomic E-state index is 12.1. The molecule has 0 aliphatic heterocycles. The summed E-state index contributed by atoms with van der Waals surface area (Å²) in [7, 11) is -0.689. The number of aliphatic imine (C=N–C) groups is 1. The summed E-state index contributed by atoms with van der Waals surface area (Å²) in [4.78, 5) is 4.70. The van der Waals surface area contributed by atoms with Crippen LogP contribution in [0.3, 0.4) is 0 Å². The van der Waals surface area contributed by atoms with Crippen LogP contribution in [0.4, 0.5) is 0 Å². The van der Waals surface area contributed by atoms with Crippen molar-refractivity contribution >= 4 is 16.8 Å². The second-order valence-corrected chi connectivity index (χ2v) is 8.70. The van der Waals surface area contributed by atoms with E-state index in [1.165, 1.54) is 5.56 Å². The van der Waals surface area contributed by atoms with Gasteiger partial charge in [0.2, 0.25) is 0 Å². The van der Waals surface area contributed by atoms with Crippen molar-refractivity contribution in [3.8, 4) is 0 Å². The van der Waals surface area contributed by atoms with Gasteiger partial charge in [0.1, 0.15) is 0 Å². The van der Waals surface area contributed by atoms with Gasteiger partial charge in [-0.3, -0.25) is 13.9 Å². The molecule has 0 radical (unpaired) electrons. The van der Waals surface area contributed by atoms with Crippen molar-refractivity contribution in [3.63, 3.8) is 0 Å². The van der Waals surface area contributed by atoms with E-state index >= 15 is 0 Å². The van der Waals surface area contributed by atoms with E-state index in [1.807, 2.05) is 17.8 Å². The summed E-state index contributed by atoms with van der Waals surface area (Å²) in [5, 5.41) is 11.5. The summed E-state index contributed by atoms with van der Waals surface area (Å²) in [6, 6.07) is 0.376. The third kappa shape index (κ3) is 6.80. The lowest BCUT2D eigenvalue weighted by Crippen LogP contribution is -2.46. The van der Waals surface area contributed by atoms with E-state index in [0.29, 0.717) is 11.3 Å². The van der Waals surface area contributed by atoms with E-state index in [2.05, 4.69) is 35.8 Å². The molecule has 0 bridgehead atoms. The average molecular weight is 368 g/mol. The molecular formula is C18H33N5OS. The third-order valence-corrected chi connectivity index (χ3v) is 6.29. The predicted octanol–water partition coefficient (Wildman–Crippen LogP) is 2.22. The molecule has 0 saturated heterocycles. The van der Waals surface area contributed by atoms with Crippen LogP contribution in [0.15, 0.2) is 17.4 Å². The Balaban J connectivity index is 1.81. The average Bonchev–Trinajstić information content (AvgIpc) is 3.03. The molecule has 142 valence electrons. The minimum absolute atomic E-state index is 0.335. The minimum Gasteiger partial charge on any atom is -0.357 e. The van der Waals surface area contributed by atoms with Crippen LogP contribution in [-0.2, 0) is 17.3 Å². The Morgan fingerprint density at radius 2 is 2.28 bits per heavy atom. The van der Waals surface area contributed by atoms with Crippen molar-refractivity contribution < 1.29 is 4.21 Å². The molecule has 0 spiro atoms. The molecule has 1 aromatic heterocycles. The van der Waals surface area contributed by atoms with Crippen LogP contribution >= 0.6 is 0 Å². The molecule has 25 heavy (non-hydrogen) atoms. The second-order valence-electron chi connectivity index (χ2n) is 6.69. The zero-order valence-electron chi connectivity index (χ0n) is 15.8. The molecule has 3 unspecified atom stereocenters. The Bertz CT molecular complexity index is 572. The first-order valence-electron chi connectivity index (χ1n) is 9.53. The number of nitrogens with one attached hydrogen (secondary N) is 2. The second kappa shape index (κ2) is 10.6. The normalized spacial score (nSPS) is 22.6. The van der Waals surface area contributed by atoms with Gasteiger partial charge in [0.05, 0.1) is 6.20 Å². The zero-order chi connectivity index (χ0) is 18.1. The number of hydrogen-bond donors (Lipinski definition) is 2. The first-order chi connectivity index (χ1) is 12.1. The van der Waals surface area contributed by atoms with Crippen LogP contribution < -0.4 is 10.6 Å². The number of hydrogen-bond acceptors (Lipinski definition) is 3. The molecule has 3 atom stereocenters. The van der Waals surface area contributed by atoms with Gasteiger partial charge in [0, 0.05) is 53.7 Å². The Morgan fingerprint density at radius 3 is 2.96 bits per heavy atom. The van der Waals surface area contributed by atoms with Crippen LogP contribution in [0, 0.1) is 6.92 Å². The first kappa shape index (κ1) is 19.9. The van der Waals surface area contributed by atoms with Gasteiger partial charge >= 0.3 is 0 Å². The molecule has 0 amide bonds. The fourth-order valence-electron chi connectivity index (χ4n) is 3.28. The summed E-state index contributed by atoms with van der Waals surface area (Å²) < 4.78 is 14.1. The molecule has 1 aliphatic carbocycles. The summed E-state index contributed by atoms with van der Waals surface area (Å²) >= 11 is 0. The zero-order valence-corrected chi connectivity index (χ0v) is 16.6. The number of guanidine groups is 1. The van der Waals surface area contributed by atoms with Gasteiger partial charge in [-0.25, -0.2) is 0 Å². The third-order valence-electron chi connectivity index (χ3n) is 4.55. The van der Waals surface area contributed by atoms with Crippen molar-refractivity contribution in [3.05, 3.63) is 18.0 Å². The van der Waals surface area contributed by atoms with Crippen LogP contribution in [0.2, 0.25) is 0 Å². The monoisotopic (exact) mass is 367 g/mol. The van der Waals surface area contributed by atoms with E-state index in [0.717, 1.165) is 63.5 Å². The Labute approximate surface area is 154 Å². The smallest absolute Gasteiger partial charge is 0.191 e. The maximum atomic E-state index is 12.1. The highest BCUT2D eigenvalue weighted by Crippen LogP contribution is 2.22. The van der Waals surface area contributed by atoms with Gasteiger partial charge < -0.3 is 10.6 Å². The van der Waals surface area contributed by atoms with E-state index in [4.69, 9.17) is 4.99 Å². The predicted molar refractivity (Wildman–Crippen MR) is 105 cm³/mol. The standard InChI is InChI=1S/C18H33N5OS/c1-4-19-18(20-10-7-11-23-14-15(3)13-21-23)22-16-8-6-9-17(12-16)25(24)5-2/h13-14,16-17H,4-12H2,1-3H3,(H2,19,20,22). The Kier molecular flexibility index (Phi) is 8.44. The van der Waals surface area contributed by atoms with E-state index in [9.17, 15) is 4.21 Å². The molecular weight excluding hydrogens is 334 g/mol. The van der Waals surface area contributed by atoms with Crippen molar-refractivity contribution in [1.29, 1.82) is 0 Å². The first-order valence-corrected chi connectivity index (χ1v) is 10.9. The summed E-state index contributed by atoms with van der Waals surface area (Å²) in [6.07, 6.45) is 9.26. The van der Waals surface area contributed by atoms with Crippen molar-refractivity contribution in [2.75, 3.05) is 18.8 Å². The number of nitrogens with zero attached hydrogens (tertiary/aromatic N) is 3. The number of aryl methyl sites for hydroxylation is 2. The summed E-state index contributed by atoms with van der Waals surface area (Å²) in [6.45, 7) is 8.65. The summed E-state index contributed by atoms with van der Waals surface area (Å²) in [5.41, 5.74) is 1.19. The van der Waals surface area contributed by atoms with Gasteiger partial charge in [-0.05, 0) is 45.1 Å². The lowest BCUT2D eigenvalue weighted by Gasteiger charge is -2.30. The summed E-state index contributed by atoms with van der Waals surface area (Å²) in [5.74, 6) is 1.64. The molecule has 1 aromatic rings. The fraction of sp³-hybridized carbons (Fsp3) is 0.778. The molecule has 6 nitrogen and oxygen atoms in total. The Hall–Kier alpha value is -1.37. The Morgan fingerprint density at radius 1 is 1.44 bits per heavy atom. The fourth-order valence-corrected chi connectivity index (χ4v) is 4.62. The molecule has 1 heterocycles. The van der Waals surface area contributed by atoms with Gasteiger partial charge in [-0.2, -0.15) is 5.10 Å². The SMILES string of the molecule is CCNC(=NCCCn1cc(C)cn1)NC1CCCC(S(=O)CC)C1. The highest BCUT2D eigenvalue weighted by molar-refractivity contribution is 7.85. The van der Waals surface area contributed by atoms with Crippen LogP contribution in [-0.4, -0.2) is 50.1 Å². The molecule has 7 heteroatoms. The van der Waals surface area contributed by atoms with E-state index in [-0.39, 0.29) is 0 Å². The highest BCUT2D eigenvalue weighted by Gasteiger charge is 2.25. The van der Waals surface area contributed by atoms with Gasteiger partial charge in [-0.1, -0.05) is 13.3 Å². The van der Waals surface area contributed by atoms with Crippen LogP contribution in [0.1, 0.15) is 51.5 Å². The minimum atomic E-state index is -0.689. The van der Waals surface area contributed by atoms with Crippen molar-refractivity contribution in [2.24, 2.45) is 4.99 Å². The molecule has 0 aromatic carbocycles. The lowest BCUT2D eigenvalue weighted by atomic mass is 9.95. The van der Waals surface area contributed by atoms with Gasteiger partial charge in [0.15, 0.2) is 5.96 Å². The van der Waals surface area contributed by atoms with Gasteiger partial charge in [0.25, 0.3) is 0 Å². The quantitative estimate of drug-likeness (QED) is 0.420. The molecule has 1 fully saturated rings. The maximum Gasteiger partial charge on any atom is 0.191 e. The molecule has 1 aliphatic rings. The molecule has 2 rings (SSSR count). The van der Waals surface area contributed by atoms with Gasteiger partial charge in [-0.15, -0.1) is 0 Å². The highest BCUT2D eigenvalue weighted by atomic mass is 32.2. The number of aromatic nitrogens is 2. The van der Waals surface area contributed by atoms with E-state index < -0.39 is 10.8 Å². The number of rotatable bonds is 8. The topological polar surface area (TPSA) is 71.3 Å².